The molecule has 2 aromatic rings. The summed E-state index contributed by atoms with van der Waals surface area (Å²) in [5, 5.41) is 12.8. The first-order valence-electron chi connectivity index (χ1n) is 8.66. The van der Waals surface area contributed by atoms with Gasteiger partial charge >= 0.3 is 6.09 Å². The Morgan fingerprint density at radius 2 is 2.00 bits per heavy atom. The second-order valence-electron chi connectivity index (χ2n) is 6.55. The van der Waals surface area contributed by atoms with Gasteiger partial charge in [0.2, 0.25) is 5.91 Å². The highest BCUT2D eigenvalue weighted by molar-refractivity contribution is 14.1. The molecule has 0 aromatic heterocycles. The summed E-state index contributed by atoms with van der Waals surface area (Å²) in [5.41, 5.74) is 2.49. The molecule has 7 heteroatoms. The van der Waals surface area contributed by atoms with Gasteiger partial charge in [0, 0.05) is 15.7 Å². The highest BCUT2D eigenvalue weighted by Crippen LogP contribution is 2.23. The van der Waals surface area contributed by atoms with E-state index < -0.39 is 18.2 Å². The lowest BCUT2D eigenvalue weighted by atomic mass is 10.1. The zero-order valence-electron chi connectivity index (χ0n) is 14.9. The molecular formula is C20H21IN2O4. The molecule has 2 N–H and O–H groups in total. The summed E-state index contributed by atoms with van der Waals surface area (Å²) in [6.45, 7) is 2.11. The summed E-state index contributed by atoms with van der Waals surface area (Å²) < 4.78 is 6.40. The fraction of sp³-hybridized carbons (Fsp3) is 0.300. The van der Waals surface area contributed by atoms with Crippen molar-refractivity contribution >= 4 is 40.3 Å². The van der Waals surface area contributed by atoms with Crippen molar-refractivity contribution in [3.05, 3.63) is 63.2 Å². The molecule has 1 aliphatic rings. The van der Waals surface area contributed by atoms with Gasteiger partial charge in [-0.2, -0.15) is 0 Å². The third-order valence-electron chi connectivity index (χ3n) is 4.47. The topological polar surface area (TPSA) is 78.9 Å². The SMILES string of the molecule is Cc1cc(I)ccc1NC(=O)[C@@H]1C[C@H](O)CN1C(=O)OCc1ccccc1. The number of rotatable bonds is 4. The number of aryl methyl sites for hydroxylation is 1. The third kappa shape index (κ3) is 4.98. The number of hydrogen-bond acceptors (Lipinski definition) is 4. The molecule has 6 nitrogen and oxygen atoms in total. The van der Waals surface area contributed by atoms with E-state index in [2.05, 4.69) is 27.9 Å². The maximum Gasteiger partial charge on any atom is 0.410 e. The Morgan fingerprint density at radius 3 is 2.70 bits per heavy atom. The van der Waals surface area contributed by atoms with Gasteiger partial charge in [-0.15, -0.1) is 0 Å². The number of β-amino-alcohol motifs (C(OH)–C–C–N with tert-alkyl or cyclic N) is 1. The van der Waals surface area contributed by atoms with Crippen LogP contribution in [0.5, 0.6) is 0 Å². The molecule has 1 saturated heterocycles. The number of nitrogens with zero attached hydrogens (tertiary/aromatic N) is 1. The lowest BCUT2D eigenvalue weighted by Gasteiger charge is -2.23. The molecule has 142 valence electrons. The number of carbonyl (C=O) groups excluding carboxylic acids is 2. The number of benzene rings is 2. The summed E-state index contributed by atoms with van der Waals surface area (Å²) >= 11 is 2.21. The Bertz CT molecular complexity index is 828. The smallest absolute Gasteiger partial charge is 0.410 e. The first-order valence-corrected chi connectivity index (χ1v) is 9.74. The number of amides is 2. The average molecular weight is 480 g/mol. The number of carbonyl (C=O) groups is 2. The number of ether oxygens (including phenoxy) is 1. The molecule has 27 heavy (non-hydrogen) atoms. The van der Waals surface area contributed by atoms with Crippen molar-refractivity contribution in [3.8, 4) is 0 Å². The maximum atomic E-state index is 12.7. The summed E-state index contributed by atoms with van der Waals surface area (Å²) in [5.74, 6) is -0.326. The summed E-state index contributed by atoms with van der Waals surface area (Å²) in [7, 11) is 0. The number of anilines is 1. The van der Waals surface area contributed by atoms with Crippen molar-refractivity contribution in [2.45, 2.75) is 32.1 Å². The van der Waals surface area contributed by atoms with Gasteiger partial charge in [-0.05, 0) is 58.8 Å². The molecule has 2 atom stereocenters. The van der Waals surface area contributed by atoms with Crippen LogP contribution >= 0.6 is 22.6 Å². The number of aliphatic hydroxyl groups excluding tert-OH is 1. The summed E-state index contributed by atoms with van der Waals surface area (Å²) in [6, 6.07) is 14.3. The number of halogens is 1. The molecular weight excluding hydrogens is 459 g/mol. The first-order chi connectivity index (χ1) is 12.9. The van der Waals surface area contributed by atoms with Crippen LogP contribution < -0.4 is 5.32 Å². The summed E-state index contributed by atoms with van der Waals surface area (Å²) in [4.78, 5) is 26.5. The fourth-order valence-electron chi connectivity index (χ4n) is 3.05. The molecule has 0 radical (unpaired) electrons. The van der Waals surface area contributed by atoms with Crippen LogP contribution in [-0.2, 0) is 16.1 Å². The summed E-state index contributed by atoms with van der Waals surface area (Å²) in [6.07, 6.45) is -1.16. The minimum atomic E-state index is -0.762. The second-order valence-corrected chi connectivity index (χ2v) is 7.79. The van der Waals surface area contributed by atoms with E-state index >= 15 is 0 Å². The Hall–Kier alpha value is -2.13. The molecule has 2 aromatic carbocycles. The van der Waals surface area contributed by atoms with Gasteiger partial charge in [-0.25, -0.2) is 4.79 Å². The van der Waals surface area contributed by atoms with E-state index in [1.807, 2.05) is 55.5 Å². The van der Waals surface area contributed by atoms with Crippen molar-refractivity contribution in [3.63, 3.8) is 0 Å². The van der Waals surface area contributed by atoms with Gasteiger partial charge in [0.05, 0.1) is 12.6 Å². The van der Waals surface area contributed by atoms with E-state index in [4.69, 9.17) is 4.74 Å². The molecule has 3 rings (SSSR count). The van der Waals surface area contributed by atoms with E-state index in [0.29, 0.717) is 5.69 Å². The van der Waals surface area contributed by atoms with E-state index in [-0.39, 0.29) is 25.5 Å². The van der Waals surface area contributed by atoms with Crippen molar-refractivity contribution < 1.29 is 19.4 Å². The van der Waals surface area contributed by atoms with Crippen LogP contribution in [-0.4, -0.2) is 40.7 Å². The molecule has 1 aliphatic heterocycles. The normalized spacial score (nSPS) is 19.0. The van der Waals surface area contributed by atoms with Crippen LogP contribution in [0.2, 0.25) is 0 Å². The Morgan fingerprint density at radius 1 is 1.26 bits per heavy atom. The monoisotopic (exact) mass is 480 g/mol. The Balaban J connectivity index is 1.65. The minimum absolute atomic E-state index is 0.0807. The Labute approximate surface area is 171 Å². The van der Waals surface area contributed by atoms with Gasteiger partial charge in [-0.1, -0.05) is 30.3 Å². The molecule has 2 amide bonds. The Kier molecular flexibility index (Phi) is 6.33. The number of likely N-dealkylation sites (tertiary alicyclic amines) is 1. The number of aliphatic hydroxyl groups is 1. The maximum absolute atomic E-state index is 12.7. The van der Waals surface area contributed by atoms with Crippen molar-refractivity contribution in [2.24, 2.45) is 0 Å². The quantitative estimate of drug-likeness (QED) is 0.659. The van der Waals surface area contributed by atoms with E-state index in [1.165, 1.54) is 4.90 Å². The van der Waals surface area contributed by atoms with Gasteiger partial charge in [0.15, 0.2) is 0 Å². The van der Waals surface area contributed by atoms with E-state index in [1.54, 1.807) is 0 Å². The largest absolute Gasteiger partial charge is 0.445 e. The predicted octanol–water partition coefficient (Wildman–Crippen LogP) is 3.31. The van der Waals surface area contributed by atoms with Crippen LogP contribution in [0.4, 0.5) is 10.5 Å². The zero-order valence-corrected chi connectivity index (χ0v) is 17.0. The van der Waals surface area contributed by atoms with Crippen LogP contribution in [0.3, 0.4) is 0 Å². The lowest BCUT2D eigenvalue weighted by molar-refractivity contribution is -0.120. The zero-order chi connectivity index (χ0) is 19.4. The molecule has 1 heterocycles. The first kappa shape index (κ1) is 19.6. The lowest BCUT2D eigenvalue weighted by Crippen LogP contribution is -2.43. The highest BCUT2D eigenvalue weighted by Gasteiger charge is 2.40. The van der Waals surface area contributed by atoms with Crippen molar-refractivity contribution in [1.29, 1.82) is 0 Å². The number of hydrogen-bond donors (Lipinski definition) is 2. The van der Waals surface area contributed by atoms with Crippen molar-refractivity contribution in [1.82, 2.24) is 4.90 Å². The van der Waals surface area contributed by atoms with Gasteiger partial charge < -0.3 is 15.2 Å². The minimum Gasteiger partial charge on any atom is -0.445 e. The van der Waals surface area contributed by atoms with E-state index in [9.17, 15) is 14.7 Å². The van der Waals surface area contributed by atoms with E-state index in [0.717, 1.165) is 14.7 Å². The van der Waals surface area contributed by atoms with Crippen LogP contribution in [0.1, 0.15) is 17.5 Å². The van der Waals surface area contributed by atoms with Gasteiger partial charge in [-0.3, -0.25) is 9.69 Å². The van der Waals surface area contributed by atoms with Crippen molar-refractivity contribution in [2.75, 3.05) is 11.9 Å². The molecule has 0 aliphatic carbocycles. The second kappa shape index (κ2) is 8.71. The highest BCUT2D eigenvalue weighted by atomic mass is 127. The van der Waals surface area contributed by atoms with Crippen LogP contribution in [0.15, 0.2) is 48.5 Å². The standard InChI is InChI=1S/C20H21IN2O4/c1-13-9-15(21)7-8-17(13)22-19(25)18-10-16(24)11-23(18)20(26)27-12-14-5-3-2-4-6-14/h2-9,16,18,24H,10-12H2,1H3,(H,22,25)/t16-,18-/m0/s1. The average Bonchev–Trinajstić information content (AvgIpc) is 3.05. The van der Waals surface area contributed by atoms with Crippen LogP contribution in [0.25, 0.3) is 0 Å². The third-order valence-corrected chi connectivity index (χ3v) is 5.14. The number of nitrogens with one attached hydrogen (secondary N) is 1. The predicted molar refractivity (Wildman–Crippen MR) is 110 cm³/mol. The molecule has 0 unspecified atom stereocenters. The molecule has 0 spiro atoms. The molecule has 0 bridgehead atoms. The molecule has 1 fully saturated rings. The van der Waals surface area contributed by atoms with Gasteiger partial charge in [0.1, 0.15) is 12.6 Å². The molecule has 0 saturated carbocycles. The fourth-order valence-corrected chi connectivity index (χ4v) is 3.70. The van der Waals surface area contributed by atoms with Crippen LogP contribution in [0, 0.1) is 10.5 Å². The van der Waals surface area contributed by atoms with Gasteiger partial charge in [0.25, 0.3) is 0 Å².